The molecule has 1 amide bonds. The quantitative estimate of drug-likeness (QED) is 0.596. The number of pyridine rings is 1. The zero-order chi connectivity index (χ0) is 14.5. The number of nitrogens with zero attached hydrogens (tertiary/aromatic N) is 1. The lowest BCUT2D eigenvalue weighted by Crippen LogP contribution is -2.25. The van der Waals surface area contributed by atoms with Crippen molar-refractivity contribution in [3.63, 3.8) is 0 Å². The molecule has 0 fully saturated rings. The van der Waals surface area contributed by atoms with Gasteiger partial charge < -0.3 is 10.7 Å². The highest BCUT2D eigenvalue weighted by atomic mass is 35.5. The average Bonchev–Trinajstić information content (AvgIpc) is 2.46. The molecule has 1 aromatic carbocycles. The summed E-state index contributed by atoms with van der Waals surface area (Å²) in [4.78, 5) is 15.9. The van der Waals surface area contributed by atoms with Gasteiger partial charge in [0.15, 0.2) is 0 Å². The van der Waals surface area contributed by atoms with Crippen molar-refractivity contribution in [3.8, 4) is 0 Å². The van der Waals surface area contributed by atoms with Crippen LogP contribution in [-0.2, 0) is 6.54 Å². The first-order valence-electron chi connectivity index (χ1n) is 5.76. The first kappa shape index (κ1) is 14.2. The third-order valence-electron chi connectivity index (χ3n) is 2.61. The number of aromatic nitrogens is 1. The van der Waals surface area contributed by atoms with Crippen LogP contribution in [0.2, 0.25) is 5.02 Å². The van der Waals surface area contributed by atoms with Gasteiger partial charge in [0.05, 0.1) is 5.02 Å². The van der Waals surface area contributed by atoms with Crippen LogP contribution in [0, 0.1) is 5.82 Å². The summed E-state index contributed by atoms with van der Waals surface area (Å²) in [5, 5.41) is 2.74. The summed E-state index contributed by atoms with van der Waals surface area (Å²) >= 11 is 5.90. The third kappa shape index (κ3) is 3.23. The number of halogens is 2. The van der Waals surface area contributed by atoms with Crippen LogP contribution in [0.25, 0.3) is 0 Å². The first-order chi connectivity index (χ1) is 9.61. The largest absolute Gasteiger partial charge is 0.346 e. The van der Waals surface area contributed by atoms with Crippen LogP contribution in [0.5, 0.6) is 0 Å². The summed E-state index contributed by atoms with van der Waals surface area (Å²) in [7, 11) is 0. The molecule has 1 aromatic heterocycles. The summed E-state index contributed by atoms with van der Waals surface area (Å²) in [6.07, 6.45) is 0. The first-order valence-corrected chi connectivity index (χ1v) is 6.14. The minimum absolute atomic E-state index is 0.0263. The van der Waals surface area contributed by atoms with Crippen molar-refractivity contribution >= 4 is 23.3 Å². The van der Waals surface area contributed by atoms with Gasteiger partial charge in [0.2, 0.25) is 0 Å². The van der Waals surface area contributed by atoms with E-state index in [4.69, 9.17) is 17.4 Å². The van der Waals surface area contributed by atoms with E-state index in [1.54, 1.807) is 18.2 Å². The standard InChI is InChI=1S/C13H12ClFN4O/c14-9-5-6-11(19-16)18-12(9)13(20)17-7-8-3-1-2-4-10(8)15/h1-6H,7,16H2,(H,17,20)(H,18,19). The van der Waals surface area contributed by atoms with Crippen LogP contribution in [-0.4, -0.2) is 10.9 Å². The van der Waals surface area contributed by atoms with E-state index in [1.807, 2.05) is 0 Å². The molecule has 0 aliphatic heterocycles. The number of nitrogen functional groups attached to an aromatic ring is 1. The Morgan fingerprint density at radius 2 is 2.05 bits per heavy atom. The molecule has 0 saturated heterocycles. The van der Waals surface area contributed by atoms with Gasteiger partial charge in [-0.3, -0.25) is 4.79 Å². The number of benzene rings is 1. The van der Waals surface area contributed by atoms with Gasteiger partial charge in [-0.05, 0) is 18.2 Å². The predicted molar refractivity (Wildman–Crippen MR) is 74.6 cm³/mol. The fourth-order valence-corrected chi connectivity index (χ4v) is 1.77. The van der Waals surface area contributed by atoms with Gasteiger partial charge in [-0.25, -0.2) is 15.2 Å². The van der Waals surface area contributed by atoms with Crippen molar-refractivity contribution in [2.24, 2.45) is 5.84 Å². The van der Waals surface area contributed by atoms with E-state index >= 15 is 0 Å². The second kappa shape index (κ2) is 6.31. The summed E-state index contributed by atoms with van der Waals surface area (Å²) in [5.41, 5.74) is 2.73. The predicted octanol–water partition coefficient (Wildman–Crippen LogP) is 2.09. The minimum atomic E-state index is -0.504. The fraction of sp³-hybridized carbons (Fsp3) is 0.0769. The minimum Gasteiger partial charge on any atom is -0.346 e. The number of anilines is 1. The second-order valence-corrected chi connectivity index (χ2v) is 4.35. The molecule has 0 unspecified atom stereocenters. The van der Waals surface area contributed by atoms with E-state index in [2.05, 4.69) is 15.7 Å². The highest BCUT2D eigenvalue weighted by molar-refractivity contribution is 6.33. The van der Waals surface area contributed by atoms with Crippen LogP contribution in [0.1, 0.15) is 16.1 Å². The normalized spacial score (nSPS) is 10.2. The van der Waals surface area contributed by atoms with E-state index in [1.165, 1.54) is 18.2 Å². The Morgan fingerprint density at radius 1 is 1.30 bits per heavy atom. The summed E-state index contributed by atoms with van der Waals surface area (Å²) in [6, 6.07) is 9.22. The lowest BCUT2D eigenvalue weighted by Gasteiger charge is -2.08. The zero-order valence-electron chi connectivity index (χ0n) is 10.4. The van der Waals surface area contributed by atoms with Gasteiger partial charge in [-0.2, -0.15) is 0 Å². The Kier molecular flexibility index (Phi) is 4.49. The van der Waals surface area contributed by atoms with E-state index in [0.29, 0.717) is 11.4 Å². The number of hydrogen-bond acceptors (Lipinski definition) is 4. The van der Waals surface area contributed by atoms with Crippen LogP contribution in [0.3, 0.4) is 0 Å². The number of nitrogens with one attached hydrogen (secondary N) is 2. The topological polar surface area (TPSA) is 80.0 Å². The Bertz CT molecular complexity index is 636. The molecule has 20 heavy (non-hydrogen) atoms. The number of carbonyl (C=O) groups excluding carboxylic acids is 1. The van der Waals surface area contributed by atoms with Crippen molar-refractivity contribution in [2.75, 3.05) is 5.43 Å². The molecule has 1 heterocycles. The molecule has 0 spiro atoms. The molecule has 0 aliphatic carbocycles. The average molecular weight is 295 g/mol. The van der Waals surface area contributed by atoms with Gasteiger partial charge in [-0.1, -0.05) is 29.8 Å². The highest BCUT2D eigenvalue weighted by Gasteiger charge is 2.13. The van der Waals surface area contributed by atoms with E-state index in [-0.39, 0.29) is 23.1 Å². The van der Waals surface area contributed by atoms with Crippen molar-refractivity contribution in [2.45, 2.75) is 6.54 Å². The third-order valence-corrected chi connectivity index (χ3v) is 2.91. The highest BCUT2D eigenvalue weighted by Crippen LogP contribution is 2.16. The molecule has 2 rings (SSSR count). The molecule has 5 nitrogen and oxygen atoms in total. The molecule has 0 saturated carbocycles. The molecule has 104 valence electrons. The van der Waals surface area contributed by atoms with Crippen LogP contribution in [0.15, 0.2) is 36.4 Å². The van der Waals surface area contributed by atoms with Crippen molar-refractivity contribution in [1.29, 1.82) is 0 Å². The van der Waals surface area contributed by atoms with Gasteiger partial charge in [-0.15, -0.1) is 0 Å². The number of nitrogens with two attached hydrogens (primary N) is 1. The smallest absolute Gasteiger partial charge is 0.271 e. The van der Waals surface area contributed by atoms with E-state index < -0.39 is 5.91 Å². The summed E-state index contributed by atoms with van der Waals surface area (Å²) in [5.74, 6) is 4.64. The number of hydrazine groups is 1. The molecular weight excluding hydrogens is 283 g/mol. The summed E-state index contributed by atoms with van der Waals surface area (Å²) in [6.45, 7) is 0.0454. The van der Waals surface area contributed by atoms with Crippen molar-refractivity contribution < 1.29 is 9.18 Å². The maximum absolute atomic E-state index is 13.4. The Labute approximate surface area is 119 Å². The fourth-order valence-electron chi connectivity index (χ4n) is 1.58. The molecular formula is C13H12ClFN4O. The maximum Gasteiger partial charge on any atom is 0.271 e. The summed E-state index contributed by atoms with van der Waals surface area (Å²) < 4.78 is 13.4. The van der Waals surface area contributed by atoms with Crippen LogP contribution >= 0.6 is 11.6 Å². The molecule has 2 aromatic rings. The Balaban J connectivity index is 2.11. The van der Waals surface area contributed by atoms with Crippen molar-refractivity contribution in [1.82, 2.24) is 10.3 Å². The van der Waals surface area contributed by atoms with Gasteiger partial charge in [0.1, 0.15) is 17.3 Å². The molecule has 0 aliphatic rings. The number of amides is 1. The number of carbonyl (C=O) groups is 1. The zero-order valence-corrected chi connectivity index (χ0v) is 11.1. The van der Waals surface area contributed by atoms with Gasteiger partial charge >= 0.3 is 0 Å². The number of rotatable bonds is 4. The SMILES string of the molecule is NNc1ccc(Cl)c(C(=O)NCc2ccccc2F)n1. The molecule has 7 heteroatoms. The molecule has 0 radical (unpaired) electrons. The lowest BCUT2D eigenvalue weighted by atomic mass is 10.2. The van der Waals surface area contributed by atoms with Gasteiger partial charge in [0, 0.05) is 12.1 Å². The molecule has 0 atom stereocenters. The molecule has 0 bridgehead atoms. The van der Waals surface area contributed by atoms with Crippen molar-refractivity contribution in [3.05, 3.63) is 58.5 Å². The molecule has 4 N–H and O–H groups in total. The van der Waals surface area contributed by atoms with E-state index in [9.17, 15) is 9.18 Å². The number of hydrogen-bond donors (Lipinski definition) is 3. The second-order valence-electron chi connectivity index (χ2n) is 3.95. The lowest BCUT2D eigenvalue weighted by molar-refractivity contribution is 0.0946. The van der Waals surface area contributed by atoms with Crippen LogP contribution < -0.4 is 16.6 Å². The maximum atomic E-state index is 13.4. The van der Waals surface area contributed by atoms with E-state index in [0.717, 1.165) is 0 Å². The Morgan fingerprint density at radius 3 is 2.75 bits per heavy atom. The monoisotopic (exact) mass is 294 g/mol. The van der Waals surface area contributed by atoms with Gasteiger partial charge in [0.25, 0.3) is 5.91 Å². The Hall–Kier alpha value is -2.18. The van der Waals surface area contributed by atoms with Crippen LogP contribution in [0.4, 0.5) is 10.2 Å².